The Balaban J connectivity index is 1.77. The zero-order valence-corrected chi connectivity index (χ0v) is 10.9. The third kappa shape index (κ3) is 3.48. The van der Waals surface area contributed by atoms with Crippen LogP contribution in [-0.4, -0.2) is 19.2 Å². The molecular formula is C15H20N2O. The summed E-state index contributed by atoms with van der Waals surface area (Å²) in [6.07, 6.45) is 4.84. The molecule has 1 aromatic rings. The van der Waals surface area contributed by atoms with Crippen molar-refractivity contribution in [2.75, 3.05) is 13.2 Å². The van der Waals surface area contributed by atoms with Crippen LogP contribution < -0.4 is 10.1 Å². The molecule has 3 heteroatoms. The second-order valence-corrected chi connectivity index (χ2v) is 4.88. The number of aryl methyl sites for hydroxylation is 1. The van der Waals surface area contributed by atoms with E-state index in [1.54, 1.807) is 0 Å². The predicted octanol–water partition coefficient (Wildman–Crippen LogP) is 2.78. The second kappa shape index (κ2) is 6.42. The molecule has 3 nitrogen and oxygen atoms in total. The molecule has 0 radical (unpaired) electrons. The highest BCUT2D eigenvalue weighted by Crippen LogP contribution is 2.20. The fraction of sp³-hybridized carbons (Fsp3) is 0.533. The Hall–Kier alpha value is -1.53. The van der Waals surface area contributed by atoms with E-state index >= 15 is 0 Å². The fourth-order valence-corrected chi connectivity index (χ4v) is 2.34. The molecule has 0 spiro atoms. The van der Waals surface area contributed by atoms with Gasteiger partial charge in [-0.3, -0.25) is 0 Å². The third-order valence-electron chi connectivity index (χ3n) is 3.43. The zero-order valence-electron chi connectivity index (χ0n) is 10.9. The molecule has 96 valence electrons. The van der Waals surface area contributed by atoms with Gasteiger partial charge in [-0.05, 0) is 56.8 Å². The van der Waals surface area contributed by atoms with Crippen LogP contribution in [0.4, 0.5) is 0 Å². The van der Waals surface area contributed by atoms with Crippen LogP contribution in [0.3, 0.4) is 0 Å². The van der Waals surface area contributed by atoms with Crippen molar-refractivity contribution in [3.8, 4) is 11.8 Å². The average molecular weight is 244 g/mol. The first-order chi connectivity index (χ1) is 8.79. The maximum Gasteiger partial charge on any atom is 0.123 e. The molecule has 1 N–H and O–H groups in total. The molecular weight excluding hydrogens is 224 g/mol. The van der Waals surface area contributed by atoms with Crippen molar-refractivity contribution in [1.29, 1.82) is 5.26 Å². The SMILES string of the molecule is Cc1ccc(C#N)cc1OCCCC1CCCN1. The van der Waals surface area contributed by atoms with E-state index in [9.17, 15) is 0 Å². The molecule has 1 heterocycles. The average Bonchev–Trinajstić information content (AvgIpc) is 2.89. The Morgan fingerprint density at radius 1 is 1.50 bits per heavy atom. The molecule has 0 aromatic heterocycles. The molecule has 0 aliphatic carbocycles. The van der Waals surface area contributed by atoms with Gasteiger partial charge in [-0.2, -0.15) is 5.26 Å². The minimum Gasteiger partial charge on any atom is -0.493 e. The van der Waals surface area contributed by atoms with Crippen molar-refractivity contribution in [3.05, 3.63) is 29.3 Å². The fourth-order valence-electron chi connectivity index (χ4n) is 2.34. The molecule has 1 saturated heterocycles. The van der Waals surface area contributed by atoms with Gasteiger partial charge in [0.25, 0.3) is 0 Å². The van der Waals surface area contributed by atoms with E-state index in [1.807, 2.05) is 25.1 Å². The van der Waals surface area contributed by atoms with Gasteiger partial charge >= 0.3 is 0 Å². The first-order valence-electron chi connectivity index (χ1n) is 6.66. The van der Waals surface area contributed by atoms with Crippen molar-refractivity contribution in [3.63, 3.8) is 0 Å². The number of nitrogens with one attached hydrogen (secondary N) is 1. The minimum absolute atomic E-state index is 0.660. The quantitative estimate of drug-likeness (QED) is 0.810. The molecule has 0 saturated carbocycles. The van der Waals surface area contributed by atoms with Gasteiger partial charge in [0.2, 0.25) is 0 Å². The highest BCUT2D eigenvalue weighted by Gasteiger charge is 2.13. The number of hydrogen-bond acceptors (Lipinski definition) is 3. The predicted molar refractivity (Wildman–Crippen MR) is 71.6 cm³/mol. The van der Waals surface area contributed by atoms with Gasteiger partial charge in [0.15, 0.2) is 0 Å². The van der Waals surface area contributed by atoms with Gasteiger partial charge in [-0.25, -0.2) is 0 Å². The standard InChI is InChI=1S/C15H20N2O/c1-12-6-7-13(11-16)10-15(12)18-9-3-5-14-4-2-8-17-14/h6-7,10,14,17H,2-5,8-9H2,1H3. The van der Waals surface area contributed by atoms with E-state index in [2.05, 4.69) is 11.4 Å². The van der Waals surface area contributed by atoms with Crippen molar-refractivity contribution in [2.24, 2.45) is 0 Å². The smallest absolute Gasteiger partial charge is 0.123 e. The normalized spacial score (nSPS) is 18.6. The Morgan fingerprint density at radius 2 is 2.39 bits per heavy atom. The van der Waals surface area contributed by atoms with E-state index in [0.717, 1.165) is 30.9 Å². The number of hydrogen-bond donors (Lipinski definition) is 1. The Morgan fingerprint density at radius 3 is 3.11 bits per heavy atom. The molecule has 0 bridgehead atoms. The minimum atomic E-state index is 0.660. The highest BCUT2D eigenvalue weighted by molar-refractivity contribution is 5.41. The largest absolute Gasteiger partial charge is 0.493 e. The van der Waals surface area contributed by atoms with E-state index < -0.39 is 0 Å². The van der Waals surface area contributed by atoms with Crippen LogP contribution in [0.2, 0.25) is 0 Å². The van der Waals surface area contributed by atoms with Crippen LogP contribution in [0, 0.1) is 18.3 Å². The Bertz CT molecular complexity index is 431. The zero-order chi connectivity index (χ0) is 12.8. The van der Waals surface area contributed by atoms with Gasteiger partial charge in [0.05, 0.1) is 18.2 Å². The lowest BCUT2D eigenvalue weighted by atomic mass is 10.1. The van der Waals surface area contributed by atoms with Crippen LogP contribution in [0.5, 0.6) is 5.75 Å². The summed E-state index contributed by atoms with van der Waals surface area (Å²) in [7, 11) is 0. The molecule has 1 aromatic carbocycles. The number of nitriles is 1. The molecule has 1 fully saturated rings. The number of benzene rings is 1. The van der Waals surface area contributed by atoms with Crippen LogP contribution in [-0.2, 0) is 0 Å². The van der Waals surface area contributed by atoms with Gasteiger partial charge in [0.1, 0.15) is 5.75 Å². The molecule has 1 aliphatic heterocycles. The summed E-state index contributed by atoms with van der Waals surface area (Å²) >= 11 is 0. The number of ether oxygens (including phenoxy) is 1. The van der Waals surface area contributed by atoms with Gasteiger partial charge in [-0.1, -0.05) is 6.07 Å². The number of nitrogens with zero attached hydrogens (tertiary/aromatic N) is 1. The van der Waals surface area contributed by atoms with Gasteiger partial charge in [-0.15, -0.1) is 0 Å². The van der Waals surface area contributed by atoms with Gasteiger partial charge < -0.3 is 10.1 Å². The van der Waals surface area contributed by atoms with Crippen LogP contribution >= 0.6 is 0 Å². The van der Waals surface area contributed by atoms with E-state index in [0.29, 0.717) is 11.6 Å². The summed E-state index contributed by atoms with van der Waals surface area (Å²) in [5.74, 6) is 0.841. The van der Waals surface area contributed by atoms with Crippen molar-refractivity contribution >= 4 is 0 Å². The van der Waals surface area contributed by atoms with Crippen LogP contribution in [0.25, 0.3) is 0 Å². The summed E-state index contributed by atoms with van der Waals surface area (Å²) in [5.41, 5.74) is 1.75. The number of rotatable bonds is 5. The lowest BCUT2D eigenvalue weighted by molar-refractivity contribution is 0.297. The summed E-state index contributed by atoms with van der Waals surface area (Å²) in [4.78, 5) is 0. The lowest BCUT2D eigenvalue weighted by Crippen LogP contribution is -2.21. The van der Waals surface area contributed by atoms with Crippen molar-refractivity contribution in [1.82, 2.24) is 5.32 Å². The molecule has 1 aliphatic rings. The monoisotopic (exact) mass is 244 g/mol. The van der Waals surface area contributed by atoms with E-state index in [1.165, 1.54) is 19.3 Å². The Kier molecular flexibility index (Phi) is 4.60. The first-order valence-corrected chi connectivity index (χ1v) is 6.66. The topological polar surface area (TPSA) is 45.0 Å². The lowest BCUT2D eigenvalue weighted by Gasteiger charge is -2.12. The summed E-state index contributed by atoms with van der Waals surface area (Å²) in [6, 6.07) is 8.40. The van der Waals surface area contributed by atoms with Crippen molar-refractivity contribution in [2.45, 2.75) is 38.6 Å². The van der Waals surface area contributed by atoms with Gasteiger partial charge in [0, 0.05) is 6.04 Å². The molecule has 0 amide bonds. The van der Waals surface area contributed by atoms with Crippen molar-refractivity contribution < 1.29 is 4.74 Å². The molecule has 1 atom stereocenters. The van der Waals surface area contributed by atoms with E-state index in [-0.39, 0.29) is 0 Å². The maximum atomic E-state index is 8.85. The first kappa shape index (κ1) is 12.9. The third-order valence-corrected chi connectivity index (χ3v) is 3.43. The second-order valence-electron chi connectivity index (χ2n) is 4.88. The summed E-state index contributed by atoms with van der Waals surface area (Å²) < 4.78 is 5.76. The molecule has 18 heavy (non-hydrogen) atoms. The van der Waals surface area contributed by atoms with Crippen LogP contribution in [0.15, 0.2) is 18.2 Å². The Labute approximate surface area is 109 Å². The highest BCUT2D eigenvalue weighted by atomic mass is 16.5. The van der Waals surface area contributed by atoms with E-state index in [4.69, 9.17) is 10.00 Å². The molecule has 1 unspecified atom stereocenters. The maximum absolute atomic E-state index is 8.85. The van der Waals surface area contributed by atoms with Crippen LogP contribution in [0.1, 0.15) is 36.8 Å². The molecule has 2 rings (SSSR count). The summed E-state index contributed by atoms with van der Waals surface area (Å²) in [5, 5.41) is 12.3. The summed E-state index contributed by atoms with van der Waals surface area (Å²) in [6.45, 7) is 3.90.